The highest BCUT2D eigenvalue weighted by molar-refractivity contribution is 7.71. The summed E-state index contributed by atoms with van der Waals surface area (Å²) in [5.41, 5.74) is 0.766. The Bertz CT molecular complexity index is 853. The van der Waals surface area contributed by atoms with Crippen molar-refractivity contribution in [3.05, 3.63) is 28.3 Å². The summed E-state index contributed by atoms with van der Waals surface area (Å²) in [5.74, 6) is -2.06. The first-order valence-electron chi connectivity index (χ1n) is 7.62. The largest absolute Gasteiger partial charge is 0.414 e. The number of likely N-dealkylation sites (tertiary alicyclic amines) is 1. The van der Waals surface area contributed by atoms with Crippen LogP contribution in [0.4, 0.5) is 17.6 Å². The summed E-state index contributed by atoms with van der Waals surface area (Å²) >= 11 is 4.95. The Kier molecular flexibility index (Phi) is 4.58. The summed E-state index contributed by atoms with van der Waals surface area (Å²) in [6.45, 7) is 0.111. The standard InChI is InChI=1S/C15H15F4N3O2S/c16-8-5-9(11-10(6-8)20-14(25)21-11)13(24)22-3-1-7(2-4-22)12(23)15(17,18)19/h5-7,12,23H,1-4H2,(H2,20,21,25)/t12-/m1/s1. The smallest absolute Gasteiger partial charge is 0.383 e. The van der Waals surface area contributed by atoms with E-state index in [2.05, 4.69) is 9.97 Å². The number of aliphatic hydroxyl groups is 1. The molecule has 0 aliphatic carbocycles. The number of aliphatic hydroxyl groups excluding tert-OH is 1. The van der Waals surface area contributed by atoms with Crippen LogP contribution in [0.2, 0.25) is 0 Å². The minimum Gasteiger partial charge on any atom is -0.383 e. The van der Waals surface area contributed by atoms with Gasteiger partial charge in [0.05, 0.1) is 16.6 Å². The molecule has 1 aliphatic heterocycles. The molecule has 1 aromatic heterocycles. The van der Waals surface area contributed by atoms with Crippen LogP contribution in [0.5, 0.6) is 0 Å². The summed E-state index contributed by atoms with van der Waals surface area (Å²) in [6.07, 6.45) is -7.03. The van der Waals surface area contributed by atoms with Crippen molar-refractivity contribution in [2.24, 2.45) is 5.92 Å². The van der Waals surface area contributed by atoms with E-state index in [4.69, 9.17) is 12.2 Å². The van der Waals surface area contributed by atoms with Crippen molar-refractivity contribution >= 4 is 29.2 Å². The number of rotatable bonds is 2. The molecule has 0 spiro atoms. The van der Waals surface area contributed by atoms with Gasteiger partial charge in [-0.1, -0.05) is 0 Å². The van der Waals surface area contributed by atoms with E-state index in [1.165, 1.54) is 11.0 Å². The van der Waals surface area contributed by atoms with Crippen molar-refractivity contribution in [1.29, 1.82) is 0 Å². The molecule has 1 aromatic carbocycles. The van der Waals surface area contributed by atoms with Gasteiger partial charge in [-0.15, -0.1) is 0 Å². The fraction of sp³-hybridized carbons (Fsp3) is 0.467. The van der Waals surface area contributed by atoms with Crippen LogP contribution in [0.3, 0.4) is 0 Å². The molecular weight excluding hydrogens is 362 g/mol. The molecule has 1 atom stereocenters. The molecule has 1 aliphatic rings. The molecule has 136 valence electrons. The number of imidazole rings is 1. The topological polar surface area (TPSA) is 72.1 Å². The monoisotopic (exact) mass is 377 g/mol. The average molecular weight is 377 g/mol. The Hall–Kier alpha value is -1.94. The van der Waals surface area contributed by atoms with Crippen molar-refractivity contribution < 1.29 is 27.5 Å². The number of halogens is 4. The van der Waals surface area contributed by atoms with E-state index in [1.54, 1.807) is 0 Å². The molecule has 5 nitrogen and oxygen atoms in total. The van der Waals surface area contributed by atoms with E-state index in [0.717, 1.165) is 6.07 Å². The van der Waals surface area contributed by atoms with Crippen LogP contribution < -0.4 is 0 Å². The van der Waals surface area contributed by atoms with Crippen molar-refractivity contribution in [1.82, 2.24) is 14.9 Å². The van der Waals surface area contributed by atoms with Gasteiger partial charge in [-0.3, -0.25) is 4.79 Å². The summed E-state index contributed by atoms with van der Waals surface area (Å²) in [5, 5.41) is 9.33. The number of hydrogen-bond donors (Lipinski definition) is 3. The number of fused-ring (bicyclic) bond motifs is 1. The zero-order valence-corrected chi connectivity index (χ0v) is 13.7. The highest BCUT2D eigenvalue weighted by Gasteiger charge is 2.44. The van der Waals surface area contributed by atoms with Crippen LogP contribution in [0.15, 0.2) is 12.1 Å². The van der Waals surface area contributed by atoms with E-state index in [9.17, 15) is 27.5 Å². The van der Waals surface area contributed by atoms with Crippen molar-refractivity contribution in [3.8, 4) is 0 Å². The molecular formula is C15H15F4N3O2S. The van der Waals surface area contributed by atoms with Crippen LogP contribution in [0.25, 0.3) is 11.0 Å². The summed E-state index contributed by atoms with van der Waals surface area (Å²) in [6, 6.07) is 2.27. The minimum absolute atomic E-state index is 0.0218. The number of alkyl halides is 3. The molecule has 2 heterocycles. The lowest BCUT2D eigenvalue weighted by atomic mass is 9.90. The number of amides is 1. The number of carbonyl (C=O) groups excluding carboxylic acids is 1. The third kappa shape index (κ3) is 3.54. The van der Waals surface area contributed by atoms with Gasteiger partial charge in [-0.25, -0.2) is 4.39 Å². The lowest BCUT2D eigenvalue weighted by Gasteiger charge is -2.34. The lowest BCUT2D eigenvalue weighted by Crippen LogP contribution is -2.45. The first-order valence-corrected chi connectivity index (χ1v) is 8.03. The number of carbonyl (C=O) groups is 1. The van der Waals surface area contributed by atoms with E-state index >= 15 is 0 Å². The van der Waals surface area contributed by atoms with Crippen LogP contribution in [0.1, 0.15) is 23.2 Å². The van der Waals surface area contributed by atoms with Gasteiger partial charge >= 0.3 is 6.18 Å². The quantitative estimate of drug-likeness (QED) is 0.556. The Morgan fingerprint density at radius 3 is 2.52 bits per heavy atom. The minimum atomic E-state index is -4.68. The number of aromatic nitrogens is 2. The van der Waals surface area contributed by atoms with Crippen molar-refractivity contribution in [2.45, 2.75) is 25.1 Å². The normalized spacial score (nSPS) is 17.9. The van der Waals surface area contributed by atoms with E-state index in [0.29, 0.717) is 11.0 Å². The third-order valence-electron chi connectivity index (χ3n) is 4.43. The molecule has 1 saturated heterocycles. The number of nitrogens with one attached hydrogen (secondary N) is 2. The fourth-order valence-corrected chi connectivity index (χ4v) is 3.34. The summed E-state index contributed by atoms with van der Waals surface area (Å²) in [4.78, 5) is 19.5. The second-order valence-corrected chi connectivity index (χ2v) is 6.48. The molecule has 1 fully saturated rings. The Labute approximate surface area is 144 Å². The number of hydrogen-bond acceptors (Lipinski definition) is 3. The Morgan fingerprint density at radius 1 is 1.28 bits per heavy atom. The van der Waals surface area contributed by atoms with E-state index in [1.807, 2.05) is 0 Å². The maximum Gasteiger partial charge on any atom is 0.414 e. The van der Waals surface area contributed by atoms with Gasteiger partial charge in [0.15, 0.2) is 10.9 Å². The highest BCUT2D eigenvalue weighted by Crippen LogP contribution is 2.32. The molecule has 25 heavy (non-hydrogen) atoms. The predicted molar refractivity (Wildman–Crippen MR) is 84.1 cm³/mol. The zero-order chi connectivity index (χ0) is 18.4. The average Bonchev–Trinajstić information content (AvgIpc) is 2.92. The molecule has 1 amide bonds. The van der Waals surface area contributed by atoms with E-state index in [-0.39, 0.29) is 36.3 Å². The predicted octanol–water partition coefficient (Wildman–Crippen LogP) is 3.14. The van der Waals surface area contributed by atoms with Gasteiger partial charge in [0.25, 0.3) is 5.91 Å². The van der Waals surface area contributed by atoms with Crippen molar-refractivity contribution in [3.63, 3.8) is 0 Å². The SMILES string of the molecule is O=C(c1cc(F)cc2[nH]c(=S)[nH]c12)N1CCC([C@@H](O)C(F)(F)F)CC1. The first kappa shape index (κ1) is 17.9. The van der Waals surface area contributed by atoms with Crippen LogP contribution in [0, 0.1) is 16.5 Å². The maximum absolute atomic E-state index is 13.7. The zero-order valence-electron chi connectivity index (χ0n) is 12.9. The van der Waals surface area contributed by atoms with E-state index < -0.39 is 29.9 Å². The molecule has 2 aromatic rings. The lowest BCUT2D eigenvalue weighted by molar-refractivity contribution is -0.222. The molecule has 3 rings (SSSR count). The van der Waals surface area contributed by atoms with Gasteiger partial charge in [0.2, 0.25) is 0 Å². The maximum atomic E-state index is 13.7. The Morgan fingerprint density at radius 2 is 1.92 bits per heavy atom. The molecule has 10 heteroatoms. The number of benzene rings is 1. The molecule has 0 unspecified atom stereocenters. The number of piperidine rings is 1. The summed E-state index contributed by atoms with van der Waals surface area (Å²) in [7, 11) is 0. The third-order valence-corrected chi connectivity index (χ3v) is 4.63. The Balaban J connectivity index is 1.79. The molecule has 3 N–H and O–H groups in total. The van der Waals surface area contributed by atoms with Crippen LogP contribution >= 0.6 is 12.2 Å². The van der Waals surface area contributed by atoms with Crippen molar-refractivity contribution in [2.75, 3.05) is 13.1 Å². The molecule has 0 bridgehead atoms. The molecule has 0 radical (unpaired) electrons. The van der Waals surface area contributed by atoms with Crippen LogP contribution in [-0.2, 0) is 0 Å². The summed E-state index contributed by atoms with van der Waals surface area (Å²) < 4.78 is 51.7. The second-order valence-electron chi connectivity index (χ2n) is 6.07. The highest BCUT2D eigenvalue weighted by atomic mass is 32.1. The van der Waals surface area contributed by atoms with Crippen LogP contribution in [-0.4, -0.2) is 51.3 Å². The van der Waals surface area contributed by atoms with Gasteiger partial charge in [0.1, 0.15) is 5.82 Å². The van der Waals surface area contributed by atoms with Gasteiger partial charge in [-0.2, -0.15) is 13.2 Å². The van der Waals surface area contributed by atoms with Gasteiger partial charge in [-0.05, 0) is 43.1 Å². The number of H-pyrrole nitrogens is 2. The first-order chi connectivity index (χ1) is 11.7. The van der Waals surface area contributed by atoms with Gasteiger partial charge < -0.3 is 20.0 Å². The fourth-order valence-electron chi connectivity index (χ4n) is 3.13. The molecule has 0 saturated carbocycles. The number of aromatic amines is 2. The second kappa shape index (κ2) is 6.41. The number of nitrogens with zero attached hydrogens (tertiary/aromatic N) is 1. The van der Waals surface area contributed by atoms with Gasteiger partial charge in [0, 0.05) is 13.1 Å².